The van der Waals surface area contributed by atoms with Crippen molar-refractivity contribution in [1.29, 1.82) is 0 Å². The van der Waals surface area contributed by atoms with Gasteiger partial charge in [-0.25, -0.2) is 25.9 Å². The molecule has 0 saturated carbocycles. The Bertz CT molecular complexity index is 429. The predicted octanol–water partition coefficient (Wildman–Crippen LogP) is 0.233. The summed E-state index contributed by atoms with van der Waals surface area (Å²) >= 11 is 0. The van der Waals surface area contributed by atoms with Crippen LogP contribution in [0.4, 0.5) is 0 Å². The molecular formula is C10H24N2O4S2. The molecule has 0 rings (SSSR count). The molecule has 0 fully saturated rings. The lowest BCUT2D eigenvalue weighted by molar-refractivity contribution is 0.372. The molecule has 0 radical (unpaired) electrons. The molecule has 0 aliphatic rings. The minimum Gasteiger partial charge on any atom is -0.214 e. The fourth-order valence-electron chi connectivity index (χ4n) is 1.47. The fourth-order valence-corrected chi connectivity index (χ4v) is 3.54. The van der Waals surface area contributed by atoms with Crippen molar-refractivity contribution in [2.75, 3.05) is 31.6 Å². The van der Waals surface area contributed by atoms with Crippen molar-refractivity contribution in [1.82, 2.24) is 9.03 Å². The van der Waals surface area contributed by atoms with Gasteiger partial charge < -0.3 is 0 Å². The third-order valence-corrected chi connectivity index (χ3v) is 5.05. The van der Waals surface area contributed by atoms with Gasteiger partial charge in [-0.2, -0.15) is 0 Å². The highest BCUT2D eigenvalue weighted by atomic mass is 32.2. The number of nitrogens with one attached hydrogen (secondary N) is 1. The Morgan fingerprint density at radius 2 is 1.72 bits per heavy atom. The van der Waals surface area contributed by atoms with Crippen molar-refractivity contribution in [3.05, 3.63) is 0 Å². The topological polar surface area (TPSA) is 83.6 Å². The maximum absolute atomic E-state index is 11.5. The average molecular weight is 300 g/mol. The van der Waals surface area contributed by atoms with E-state index in [1.807, 2.05) is 13.8 Å². The molecule has 0 saturated heterocycles. The molecule has 0 heterocycles. The lowest BCUT2D eigenvalue weighted by atomic mass is 10.2. The number of hydrogen-bond donors (Lipinski definition) is 1. The van der Waals surface area contributed by atoms with E-state index in [2.05, 4.69) is 4.72 Å². The predicted molar refractivity (Wildman–Crippen MR) is 73.3 cm³/mol. The van der Waals surface area contributed by atoms with E-state index in [-0.39, 0.29) is 24.8 Å². The molecule has 6 nitrogen and oxygen atoms in total. The Balaban J connectivity index is 4.38. The van der Waals surface area contributed by atoms with Gasteiger partial charge in [0.2, 0.25) is 20.0 Å². The molecule has 0 aliphatic carbocycles. The number of rotatable bonds is 9. The highest BCUT2D eigenvalue weighted by Gasteiger charge is 2.18. The average Bonchev–Trinajstić information content (AvgIpc) is 2.13. The molecule has 0 amide bonds. The van der Waals surface area contributed by atoms with Crippen LogP contribution in [0.5, 0.6) is 0 Å². The van der Waals surface area contributed by atoms with E-state index in [9.17, 15) is 16.8 Å². The zero-order valence-corrected chi connectivity index (χ0v) is 13.1. The van der Waals surface area contributed by atoms with E-state index in [0.717, 1.165) is 6.26 Å². The van der Waals surface area contributed by atoms with E-state index < -0.39 is 20.0 Å². The molecule has 0 unspecified atom stereocenters. The second-order valence-electron chi connectivity index (χ2n) is 4.73. The second-order valence-corrected chi connectivity index (χ2v) is 8.64. The van der Waals surface area contributed by atoms with E-state index in [0.29, 0.717) is 13.0 Å². The summed E-state index contributed by atoms with van der Waals surface area (Å²) in [4.78, 5) is 0. The molecule has 110 valence electrons. The number of hydrogen-bond acceptors (Lipinski definition) is 4. The first-order valence-electron chi connectivity index (χ1n) is 6.01. The molecule has 0 aromatic rings. The molecule has 0 aromatic heterocycles. The summed E-state index contributed by atoms with van der Waals surface area (Å²) in [7, 11) is -6.56. The van der Waals surface area contributed by atoms with Crippen LogP contribution in [-0.4, -0.2) is 52.8 Å². The Labute approximate surface area is 111 Å². The van der Waals surface area contributed by atoms with E-state index >= 15 is 0 Å². The van der Waals surface area contributed by atoms with Crippen molar-refractivity contribution in [2.45, 2.75) is 27.2 Å². The molecule has 0 atom stereocenters. The first-order valence-corrected chi connectivity index (χ1v) is 9.51. The number of nitrogens with zero attached hydrogens (tertiary/aromatic N) is 1. The van der Waals surface area contributed by atoms with Crippen molar-refractivity contribution >= 4 is 20.0 Å². The third-order valence-electron chi connectivity index (χ3n) is 2.19. The Hall–Kier alpha value is -0.180. The lowest BCUT2D eigenvalue weighted by Gasteiger charge is -2.21. The van der Waals surface area contributed by atoms with Crippen LogP contribution in [0.25, 0.3) is 0 Å². The fraction of sp³-hybridized carbons (Fsp3) is 1.00. The van der Waals surface area contributed by atoms with Crippen LogP contribution in [0.3, 0.4) is 0 Å². The summed E-state index contributed by atoms with van der Waals surface area (Å²) < 4.78 is 49.5. The largest absolute Gasteiger partial charge is 0.214 e. The molecule has 0 aromatic carbocycles. The van der Waals surface area contributed by atoms with Gasteiger partial charge in [0.1, 0.15) is 0 Å². The van der Waals surface area contributed by atoms with Crippen molar-refractivity contribution < 1.29 is 16.8 Å². The first-order chi connectivity index (χ1) is 8.08. The summed E-state index contributed by atoms with van der Waals surface area (Å²) in [6.45, 7) is 6.29. The summed E-state index contributed by atoms with van der Waals surface area (Å²) in [5.41, 5.74) is 0. The van der Waals surface area contributed by atoms with E-state index in [4.69, 9.17) is 0 Å². The van der Waals surface area contributed by atoms with Crippen molar-refractivity contribution in [2.24, 2.45) is 5.92 Å². The molecule has 1 N–H and O–H groups in total. The number of sulfonamides is 2. The van der Waals surface area contributed by atoms with Crippen LogP contribution >= 0.6 is 0 Å². The molecule has 0 bridgehead atoms. The Morgan fingerprint density at radius 1 is 1.17 bits per heavy atom. The van der Waals surface area contributed by atoms with Crippen LogP contribution in [0.2, 0.25) is 0 Å². The normalized spacial score (nSPS) is 13.4. The minimum absolute atomic E-state index is 0.0655. The quantitative estimate of drug-likeness (QED) is 0.661. The molecule has 18 heavy (non-hydrogen) atoms. The zero-order chi connectivity index (χ0) is 14.4. The summed E-state index contributed by atoms with van der Waals surface area (Å²) in [5.74, 6) is 0.266. The van der Waals surface area contributed by atoms with Crippen LogP contribution in [0.15, 0.2) is 0 Å². The smallest absolute Gasteiger partial charge is 0.211 e. The van der Waals surface area contributed by atoms with Gasteiger partial charge in [-0.3, -0.25) is 0 Å². The molecule has 8 heteroatoms. The molecular weight excluding hydrogens is 276 g/mol. The van der Waals surface area contributed by atoms with E-state index in [1.54, 1.807) is 6.92 Å². The van der Waals surface area contributed by atoms with Crippen molar-refractivity contribution in [3.8, 4) is 0 Å². The van der Waals surface area contributed by atoms with Crippen LogP contribution < -0.4 is 4.72 Å². The summed E-state index contributed by atoms with van der Waals surface area (Å²) in [5, 5.41) is 0. The first kappa shape index (κ1) is 17.8. The minimum atomic E-state index is -3.29. The standard InChI is InChI=1S/C10H24N2O4S2/c1-5-8-18(15,16)11-6-7-12(9-10(2)3)17(4,13)14/h10-11H,5-9H2,1-4H3. The summed E-state index contributed by atoms with van der Waals surface area (Å²) in [6.07, 6.45) is 1.67. The lowest BCUT2D eigenvalue weighted by Crippen LogP contribution is -2.40. The zero-order valence-electron chi connectivity index (χ0n) is 11.5. The maximum atomic E-state index is 11.5. The van der Waals surface area contributed by atoms with Gasteiger partial charge in [-0.1, -0.05) is 20.8 Å². The van der Waals surface area contributed by atoms with Crippen molar-refractivity contribution in [3.63, 3.8) is 0 Å². The molecule has 0 spiro atoms. The van der Waals surface area contributed by atoms with Crippen LogP contribution in [0.1, 0.15) is 27.2 Å². The van der Waals surface area contributed by atoms with E-state index in [1.165, 1.54) is 4.31 Å². The van der Waals surface area contributed by atoms with Gasteiger partial charge in [0.15, 0.2) is 0 Å². The molecule has 0 aliphatic heterocycles. The van der Waals surface area contributed by atoms with Gasteiger partial charge >= 0.3 is 0 Å². The van der Waals surface area contributed by atoms with Gasteiger partial charge in [0.05, 0.1) is 12.0 Å². The highest BCUT2D eigenvalue weighted by Crippen LogP contribution is 2.03. The van der Waals surface area contributed by atoms with Gasteiger partial charge in [-0.05, 0) is 12.3 Å². The van der Waals surface area contributed by atoms with Gasteiger partial charge in [-0.15, -0.1) is 0 Å². The van der Waals surface area contributed by atoms with Crippen LogP contribution in [0, 0.1) is 5.92 Å². The SMILES string of the molecule is CCCS(=O)(=O)NCCN(CC(C)C)S(C)(=O)=O. The second kappa shape index (κ2) is 7.42. The highest BCUT2D eigenvalue weighted by molar-refractivity contribution is 7.89. The van der Waals surface area contributed by atoms with Gasteiger partial charge in [0, 0.05) is 19.6 Å². The Morgan fingerprint density at radius 3 is 2.11 bits per heavy atom. The Kier molecular flexibility index (Phi) is 7.34. The maximum Gasteiger partial charge on any atom is 0.211 e. The van der Waals surface area contributed by atoms with Crippen LogP contribution in [-0.2, 0) is 20.0 Å². The third kappa shape index (κ3) is 8.02. The summed E-state index contributed by atoms with van der Waals surface area (Å²) in [6, 6.07) is 0. The monoisotopic (exact) mass is 300 g/mol. The van der Waals surface area contributed by atoms with Gasteiger partial charge in [0.25, 0.3) is 0 Å².